The van der Waals surface area contributed by atoms with Crippen molar-refractivity contribution in [1.29, 1.82) is 0 Å². The number of nitrogens with one attached hydrogen (secondary N) is 1. The summed E-state index contributed by atoms with van der Waals surface area (Å²) in [6, 6.07) is 2.08. The predicted molar refractivity (Wildman–Crippen MR) is 67.6 cm³/mol. The molecule has 1 amide bonds. The molecule has 106 valence electrons. The maximum absolute atomic E-state index is 12.0. The lowest BCUT2D eigenvalue weighted by Gasteiger charge is -2.10. The van der Waals surface area contributed by atoms with Gasteiger partial charge in [-0.05, 0) is 24.6 Å². The molecule has 0 bridgehead atoms. The van der Waals surface area contributed by atoms with Crippen LogP contribution in [0.1, 0.15) is 15.9 Å². The molecule has 1 rings (SSSR count). The number of halogens is 4. The molecule has 0 unspecified atom stereocenters. The molecule has 1 aromatic carbocycles. The second-order valence-corrected chi connectivity index (χ2v) is 6.59. The molecule has 1 aromatic rings. The molecule has 0 aliphatic heterocycles. The highest BCUT2D eigenvalue weighted by Gasteiger charge is 2.19. The van der Waals surface area contributed by atoms with E-state index in [9.17, 15) is 22.0 Å². The molecular formula is C10H9Cl2F2NO3S. The molecule has 0 aliphatic carbocycles. The second-order valence-electron chi connectivity index (χ2n) is 3.62. The standard InChI is InChI=1S/C10H9Cl2F2NO3S/c1-5-7(10(16)15-4-9(13)14)2-6(3-8(5)11)19(12,17)18/h2-3,9H,4H2,1H3,(H,15,16). The lowest BCUT2D eigenvalue weighted by molar-refractivity contribution is 0.0891. The molecule has 0 radical (unpaired) electrons. The number of carbonyl (C=O) groups excluding carboxylic acids is 1. The third-order valence-corrected chi connectivity index (χ3v) is 3.99. The van der Waals surface area contributed by atoms with Gasteiger partial charge in [0.2, 0.25) is 0 Å². The Balaban J connectivity index is 3.20. The Morgan fingerprint density at radius 3 is 2.47 bits per heavy atom. The Morgan fingerprint density at radius 2 is 2.00 bits per heavy atom. The molecular weight excluding hydrogens is 323 g/mol. The molecule has 0 spiro atoms. The zero-order valence-electron chi connectivity index (χ0n) is 9.58. The van der Waals surface area contributed by atoms with Gasteiger partial charge >= 0.3 is 0 Å². The summed E-state index contributed by atoms with van der Waals surface area (Å²) in [6.45, 7) is 0.623. The van der Waals surface area contributed by atoms with Gasteiger partial charge in [-0.1, -0.05) is 11.6 Å². The van der Waals surface area contributed by atoms with Crippen molar-refractivity contribution in [2.45, 2.75) is 18.2 Å². The quantitative estimate of drug-likeness (QED) is 0.862. The van der Waals surface area contributed by atoms with Crippen LogP contribution in [0.5, 0.6) is 0 Å². The van der Waals surface area contributed by atoms with Crippen LogP contribution in [0.25, 0.3) is 0 Å². The fourth-order valence-electron chi connectivity index (χ4n) is 1.30. The van der Waals surface area contributed by atoms with E-state index >= 15 is 0 Å². The van der Waals surface area contributed by atoms with Gasteiger partial charge in [0.05, 0.1) is 11.4 Å². The van der Waals surface area contributed by atoms with Crippen molar-refractivity contribution < 1.29 is 22.0 Å². The minimum absolute atomic E-state index is 0.00363. The largest absolute Gasteiger partial charge is 0.346 e. The molecule has 0 saturated carbocycles. The number of amides is 1. The maximum Gasteiger partial charge on any atom is 0.261 e. The van der Waals surface area contributed by atoms with Gasteiger partial charge in [-0.3, -0.25) is 4.79 Å². The Hall–Kier alpha value is -0.920. The van der Waals surface area contributed by atoms with Crippen LogP contribution in [0.2, 0.25) is 5.02 Å². The van der Waals surface area contributed by atoms with Crippen LogP contribution in [-0.2, 0) is 9.05 Å². The molecule has 0 fully saturated rings. The average Bonchev–Trinajstić information content (AvgIpc) is 2.27. The van der Waals surface area contributed by atoms with Crippen LogP contribution in [0.3, 0.4) is 0 Å². The van der Waals surface area contributed by atoms with E-state index in [-0.39, 0.29) is 21.0 Å². The van der Waals surface area contributed by atoms with Crippen molar-refractivity contribution in [3.63, 3.8) is 0 Å². The highest BCUT2D eigenvalue weighted by Crippen LogP contribution is 2.26. The lowest BCUT2D eigenvalue weighted by atomic mass is 10.1. The molecule has 0 heterocycles. The van der Waals surface area contributed by atoms with Crippen molar-refractivity contribution >= 4 is 37.2 Å². The smallest absolute Gasteiger partial charge is 0.261 e. The summed E-state index contributed by atoms with van der Waals surface area (Å²) in [4.78, 5) is 11.3. The SMILES string of the molecule is Cc1c(Cl)cc(S(=O)(=O)Cl)cc1C(=O)NCC(F)F. The van der Waals surface area contributed by atoms with E-state index in [1.165, 1.54) is 6.92 Å². The van der Waals surface area contributed by atoms with E-state index in [0.717, 1.165) is 12.1 Å². The Morgan fingerprint density at radius 1 is 1.42 bits per heavy atom. The summed E-state index contributed by atoms with van der Waals surface area (Å²) < 4.78 is 46.4. The molecule has 4 nitrogen and oxygen atoms in total. The fraction of sp³-hybridized carbons (Fsp3) is 0.300. The zero-order valence-corrected chi connectivity index (χ0v) is 11.9. The maximum atomic E-state index is 12.0. The van der Waals surface area contributed by atoms with Crippen LogP contribution in [0.4, 0.5) is 8.78 Å². The number of benzene rings is 1. The first-order valence-corrected chi connectivity index (χ1v) is 7.63. The van der Waals surface area contributed by atoms with Crippen molar-refractivity contribution in [1.82, 2.24) is 5.32 Å². The van der Waals surface area contributed by atoms with Crippen LogP contribution in [0.15, 0.2) is 17.0 Å². The summed E-state index contributed by atoms with van der Waals surface area (Å²) in [5.74, 6) is -0.845. The molecule has 19 heavy (non-hydrogen) atoms. The number of carbonyl (C=O) groups is 1. The topological polar surface area (TPSA) is 63.2 Å². The first-order valence-electron chi connectivity index (χ1n) is 4.94. The minimum Gasteiger partial charge on any atom is -0.346 e. The molecule has 9 heteroatoms. The number of hydrogen-bond acceptors (Lipinski definition) is 3. The van der Waals surface area contributed by atoms with Gasteiger partial charge in [0.1, 0.15) is 0 Å². The van der Waals surface area contributed by atoms with Crippen LogP contribution < -0.4 is 5.32 Å². The van der Waals surface area contributed by atoms with E-state index in [1.807, 2.05) is 5.32 Å². The highest BCUT2D eigenvalue weighted by molar-refractivity contribution is 8.13. The summed E-state index contributed by atoms with van der Waals surface area (Å²) >= 11 is 5.78. The number of hydrogen-bond donors (Lipinski definition) is 1. The number of alkyl halides is 2. The summed E-state index contributed by atoms with van der Waals surface area (Å²) in [5, 5.41) is 1.96. The van der Waals surface area contributed by atoms with E-state index in [1.54, 1.807) is 0 Å². The van der Waals surface area contributed by atoms with E-state index in [0.29, 0.717) is 0 Å². The molecule has 0 saturated heterocycles. The van der Waals surface area contributed by atoms with Crippen molar-refractivity contribution in [3.8, 4) is 0 Å². The van der Waals surface area contributed by atoms with Crippen molar-refractivity contribution in [2.75, 3.05) is 6.54 Å². The van der Waals surface area contributed by atoms with Gasteiger partial charge < -0.3 is 5.32 Å². The molecule has 1 N–H and O–H groups in total. The normalized spacial score (nSPS) is 11.7. The van der Waals surface area contributed by atoms with E-state index < -0.39 is 27.9 Å². The van der Waals surface area contributed by atoms with Gasteiger partial charge in [-0.15, -0.1) is 0 Å². The van der Waals surface area contributed by atoms with Gasteiger partial charge in [-0.2, -0.15) is 0 Å². The summed E-state index contributed by atoms with van der Waals surface area (Å²) in [6.07, 6.45) is -2.71. The van der Waals surface area contributed by atoms with Gasteiger partial charge in [-0.25, -0.2) is 17.2 Å². The highest BCUT2D eigenvalue weighted by atomic mass is 35.7. The zero-order chi connectivity index (χ0) is 14.8. The molecule has 0 atom stereocenters. The van der Waals surface area contributed by atoms with Gasteiger partial charge in [0, 0.05) is 21.3 Å². The lowest BCUT2D eigenvalue weighted by Crippen LogP contribution is -2.29. The van der Waals surface area contributed by atoms with Gasteiger partial charge in [0.25, 0.3) is 21.4 Å². The molecule has 0 aliphatic rings. The third-order valence-electron chi connectivity index (χ3n) is 2.26. The minimum atomic E-state index is -4.07. The Bertz CT molecular complexity index is 605. The average molecular weight is 332 g/mol. The second kappa shape index (κ2) is 6.02. The van der Waals surface area contributed by atoms with Gasteiger partial charge in [0.15, 0.2) is 0 Å². The van der Waals surface area contributed by atoms with E-state index in [4.69, 9.17) is 22.3 Å². The first-order chi connectivity index (χ1) is 8.62. The summed E-state index contributed by atoms with van der Waals surface area (Å²) in [5.41, 5.74) is 0.157. The van der Waals surface area contributed by atoms with E-state index in [2.05, 4.69) is 0 Å². The predicted octanol–water partition coefficient (Wildman–Crippen LogP) is 2.57. The first kappa shape index (κ1) is 16.1. The molecule has 0 aromatic heterocycles. The summed E-state index contributed by atoms with van der Waals surface area (Å²) in [7, 11) is 1.08. The van der Waals surface area contributed by atoms with Crippen molar-refractivity contribution in [2.24, 2.45) is 0 Å². The van der Waals surface area contributed by atoms with Crippen LogP contribution >= 0.6 is 22.3 Å². The van der Waals surface area contributed by atoms with Crippen LogP contribution in [-0.4, -0.2) is 27.3 Å². The van der Waals surface area contributed by atoms with Crippen molar-refractivity contribution in [3.05, 3.63) is 28.3 Å². The fourth-order valence-corrected chi connectivity index (χ4v) is 2.36. The Labute approximate surface area is 118 Å². The Kier molecular flexibility index (Phi) is 5.11. The van der Waals surface area contributed by atoms with Crippen LogP contribution in [0, 0.1) is 6.92 Å². The third kappa shape index (κ3) is 4.29. The number of rotatable bonds is 4. The monoisotopic (exact) mass is 331 g/mol.